The quantitative estimate of drug-likeness (QED) is 0.847. The van der Waals surface area contributed by atoms with E-state index in [9.17, 15) is 17.6 Å². The Kier molecular flexibility index (Phi) is 5.49. The molecule has 0 saturated carbocycles. The highest BCUT2D eigenvalue weighted by molar-refractivity contribution is 7.90. The Morgan fingerprint density at radius 2 is 2.23 bits per heavy atom. The third-order valence-corrected chi connectivity index (χ3v) is 4.67. The number of hydrogen-bond donors (Lipinski definition) is 1. The molecule has 1 heterocycles. The van der Waals surface area contributed by atoms with Crippen LogP contribution in [0.3, 0.4) is 0 Å². The van der Waals surface area contributed by atoms with E-state index in [4.69, 9.17) is 9.47 Å². The lowest BCUT2D eigenvalue weighted by Crippen LogP contribution is -2.39. The van der Waals surface area contributed by atoms with Crippen LogP contribution in [0.5, 0.6) is 0 Å². The number of carbonyl (C=O) groups excluding carboxylic acids is 1. The Bertz CT molecular complexity index is 628. The maximum Gasteiger partial charge on any atom is 0.267 e. The van der Waals surface area contributed by atoms with Crippen LogP contribution in [-0.4, -0.2) is 39.7 Å². The van der Waals surface area contributed by atoms with Crippen LogP contribution in [0.1, 0.15) is 19.8 Å². The van der Waals surface area contributed by atoms with E-state index in [1.807, 2.05) is 4.72 Å². The summed E-state index contributed by atoms with van der Waals surface area (Å²) in [6.45, 7) is 2.31. The smallest absolute Gasteiger partial charge is 0.267 e. The summed E-state index contributed by atoms with van der Waals surface area (Å²) in [6.07, 6.45) is 0.738. The number of nitrogens with one attached hydrogen (secondary N) is 1. The van der Waals surface area contributed by atoms with E-state index in [1.54, 1.807) is 0 Å². The van der Waals surface area contributed by atoms with Crippen LogP contribution in [0.4, 0.5) is 4.39 Å². The monoisotopic (exact) mass is 331 g/mol. The molecule has 1 fully saturated rings. The van der Waals surface area contributed by atoms with Gasteiger partial charge in [-0.15, -0.1) is 0 Å². The fourth-order valence-electron chi connectivity index (χ4n) is 2.04. The van der Waals surface area contributed by atoms with Crippen molar-refractivity contribution in [3.05, 3.63) is 30.1 Å². The fraction of sp³-hybridized carbons (Fsp3) is 0.500. The van der Waals surface area contributed by atoms with E-state index in [1.165, 1.54) is 19.1 Å². The molecule has 0 unspecified atom stereocenters. The van der Waals surface area contributed by atoms with Crippen molar-refractivity contribution >= 4 is 15.9 Å². The molecule has 2 atom stereocenters. The lowest BCUT2D eigenvalue weighted by molar-refractivity contribution is -0.131. The van der Waals surface area contributed by atoms with Crippen molar-refractivity contribution < 1.29 is 27.1 Å². The van der Waals surface area contributed by atoms with Gasteiger partial charge in [-0.2, -0.15) is 0 Å². The summed E-state index contributed by atoms with van der Waals surface area (Å²) in [7, 11) is -4.26. The second-order valence-corrected chi connectivity index (χ2v) is 6.66. The molecule has 0 aromatic heterocycles. The van der Waals surface area contributed by atoms with Crippen LogP contribution in [-0.2, 0) is 24.3 Å². The second kappa shape index (κ2) is 7.17. The molecule has 1 aromatic rings. The van der Waals surface area contributed by atoms with E-state index >= 15 is 0 Å². The lowest BCUT2D eigenvalue weighted by atomic mass is 10.2. The predicted octanol–water partition coefficient (Wildman–Crippen LogP) is 1.21. The van der Waals surface area contributed by atoms with Gasteiger partial charge in [0.15, 0.2) is 0 Å². The van der Waals surface area contributed by atoms with Crippen LogP contribution in [0.25, 0.3) is 0 Å². The SMILES string of the molecule is C[C@@H](OC[C@@H]1CCCO1)C(=O)NS(=O)(=O)c1ccccc1F. The molecule has 1 aliphatic rings. The number of hydrogen-bond acceptors (Lipinski definition) is 5. The number of benzene rings is 1. The molecule has 0 radical (unpaired) electrons. The number of sulfonamides is 1. The number of ether oxygens (including phenoxy) is 2. The van der Waals surface area contributed by atoms with E-state index in [0.717, 1.165) is 25.0 Å². The first-order chi connectivity index (χ1) is 10.4. The molecule has 1 saturated heterocycles. The Labute approximate surface area is 128 Å². The second-order valence-electron chi connectivity index (χ2n) is 5.01. The van der Waals surface area contributed by atoms with Crippen molar-refractivity contribution in [1.29, 1.82) is 0 Å². The van der Waals surface area contributed by atoms with Gasteiger partial charge in [-0.1, -0.05) is 12.1 Å². The van der Waals surface area contributed by atoms with Gasteiger partial charge in [0.05, 0.1) is 12.7 Å². The van der Waals surface area contributed by atoms with Crippen LogP contribution >= 0.6 is 0 Å². The fourth-order valence-corrected chi connectivity index (χ4v) is 3.16. The normalized spacial score (nSPS) is 19.8. The summed E-state index contributed by atoms with van der Waals surface area (Å²) in [4.78, 5) is 11.3. The van der Waals surface area contributed by atoms with Crippen LogP contribution in [0, 0.1) is 5.82 Å². The summed E-state index contributed by atoms with van der Waals surface area (Å²) in [5, 5.41) is 0. The van der Waals surface area contributed by atoms with Gasteiger partial charge < -0.3 is 9.47 Å². The number of amides is 1. The number of rotatable bonds is 6. The summed E-state index contributed by atoms with van der Waals surface area (Å²) < 4.78 is 49.9. The summed E-state index contributed by atoms with van der Waals surface area (Å²) in [5.74, 6) is -1.77. The van der Waals surface area contributed by atoms with Gasteiger partial charge in [-0.25, -0.2) is 17.5 Å². The molecule has 6 nitrogen and oxygen atoms in total. The minimum absolute atomic E-state index is 0.0709. The topological polar surface area (TPSA) is 81.7 Å². The molecule has 8 heteroatoms. The van der Waals surface area contributed by atoms with Crippen molar-refractivity contribution in [3.8, 4) is 0 Å². The minimum Gasteiger partial charge on any atom is -0.376 e. The highest BCUT2D eigenvalue weighted by atomic mass is 32.2. The van der Waals surface area contributed by atoms with Gasteiger partial charge in [-0.3, -0.25) is 4.79 Å². The molecule has 122 valence electrons. The molecule has 1 amide bonds. The van der Waals surface area contributed by atoms with Crippen molar-refractivity contribution in [2.45, 2.75) is 36.9 Å². The zero-order chi connectivity index (χ0) is 16.2. The predicted molar refractivity (Wildman–Crippen MR) is 76.1 cm³/mol. The summed E-state index contributed by atoms with van der Waals surface area (Å²) in [5.41, 5.74) is 0. The van der Waals surface area contributed by atoms with E-state index < -0.39 is 32.7 Å². The number of halogens is 1. The maximum absolute atomic E-state index is 13.5. The highest BCUT2D eigenvalue weighted by Gasteiger charge is 2.25. The van der Waals surface area contributed by atoms with E-state index in [2.05, 4.69) is 0 Å². The van der Waals surface area contributed by atoms with Gasteiger partial charge in [0, 0.05) is 6.61 Å². The van der Waals surface area contributed by atoms with Gasteiger partial charge in [0.25, 0.3) is 15.9 Å². The van der Waals surface area contributed by atoms with Gasteiger partial charge in [-0.05, 0) is 31.9 Å². The molecule has 1 aromatic carbocycles. The molecule has 0 aliphatic carbocycles. The number of carbonyl (C=O) groups is 1. The van der Waals surface area contributed by atoms with Gasteiger partial charge >= 0.3 is 0 Å². The van der Waals surface area contributed by atoms with Crippen molar-refractivity contribution in [2.24, 2.45) is 0 Å². The largest absolute Gasteiger partial charge is 0.376 e. The maximum atomic E-state index is 13.5. The van der Waals surface area contributed by atoms with Crippen molar-refractivity contribution in [3.63, 3.8) is 0 Å². The summed E-state index contributed by atoms with van der Waals surface area (Å²) in [6, 6.07) is 4.84. The van der Waals surface area contributed by atoms with Crippen molar-refractivity contribution in [2.75, 3.05) is 13.2 Å². The Morgan fingerprint density at radius 1 is 1.50 bits per heavy atom. The molecule has 1 N–H and O–H groups in total. The first-order valence-electron chi connectivity index (χ1n) is 6.94. The molecule has 22 heavy (non-hydrogen) atoms. The third kappa shape index (κ3) is 4.25. The van der Waals surface area contributed by atoms with Gasteiger partial charge in [0.1, 0.15) is 16.8 Å². The summed E-state index contributed by atoms with van der Waals surface area (Å²) >= 11 is 0. The molecular weight excluding hydrogens is 313 g/mol. The molecular formula is C14H18FNO5S. The van der Waals surface area contributed by atoms with E-state index in [0.29, 0.717) is 6.61 Å². The zero-order valence-corrected chi connectivity index (χ0v) is 12.9. The first-order valence-corrected chi connectivity index (χ1v) is 8.43. The van der Waals surface area contributed by atoms with Gasteiger partial charge in [0.2, 0.25) is 0 Å². The minimum atomic E-state index is -4.26. The molecule has 1 aliphatic heterocycles. The van der Waals surface area contributed by atoms with Crippen LogP contribution < -0.4 is 4.72 Å². The Balaban J connectivity index is 1.93. The lowest BCUT2D eigenvalue weighted by Gasteiger charge is -2.16. The zero-order valence-electron chi connectivity index (χ0n) is 12.1. The van der Waals surface area contributed by atoms with Crippen LogP contribution in [0.15, 0.2) is 29.2 Å². The average Bonchev–Trinajstić information content (AvgIpc) is 2.97. The van der Waals surface area contributed by atoms with Crippen LogP contribution in [0.2, 0.25) is 0 Å². The first kappa shape index (κ1) is 16.9. The highest BCUT2D eigenvalue weighted by Crippen LogP contribution is 2.15. The molecule has 0 bridgehead atoms. The van der Waals surface area contributed by atoms with Crippen molar-refractivity contribution in [1.82, 2.24) is 4.72 Å². The standard InChI is InChI=1S/C14H18FNO5S/c1-10(21-9-11-5-4-8-20-11)14(17)16-22(18,19)13-7-3-2-6-12(13)15/h2-3,6-7,10-11H,4-5,8-9H2,1H3,(H,16,17)/t10-,11+/m1/s1. The third-order valence-electron chi connectivity index (χ3n) is 3.29. The van der Waals surface area contributed by atoms with E-state index in [-0.39, 0.29) is 12.7 Å². The Morgan fingerprint density at radius 3 is 2.86 bits per heavy atom. The Hall–Kier alpha value is -1.51. The molecule has 2 rings (SSSR count). The average molecular weight is 331 g/mol. The molecule has 0 spiro atoms.